The van der Waals surface area contributed by atoms with Crippen LogP contribution in [0.15, 0.2) is 29.2 Å². The molecule has 2 fully saturated rings. The van der Waals surface area contributed by atoms with Gasteiger partial charge in [0.1, 0.15) is 0 Å². The third-order valence-electron chi connectivity index (χ3n) is 7.45. The molecule has 3 aromatic rings. The number of fused-ring (bicyclic) bond motifs is 2. The molecule has 1 saturated carbocycles. The normalized spacial score (nSPS) is 19.1. The third kappa shape index (κ3) is 3.53. The van der Waals surface area contributed by atoms with Gasteiger partial charge >= 0.3 is 0 Å². The maximum Gasteiger partial charge on any atom is 0.254 e. The monoisotopic (exact) mass is 479 g/mol. The largest absolute Gasteiger partial charge is 0.336 e. The molecular formula is C25H29N5O3S. The van der Waals surface area contributed by atoms with E-state index in [-0.39, 0.29) is 5.91 Å². The van der Waals surface area contributed by atoms with Gasteiger partial charge in [-0.2, -0.15) is 9.40 Å². The van der Waals surface area contributed by atoms with Gasteiger partial charge < -0.3 is 4.90 Å². The number of nitrogens with zero attached hydrogens (tertiary/aromatic N) is 5. The highest BCUT2D eigenvalue weighted by molar-refractivity contribution is 7.89. The number of benzene rings is 1. The summed E-state index contributed by atoms with van der Waals surface area (Å²) in [5, 5.41) is 5.29. The predicted octanol–water partition coefficient (Wildman–Crippen LogP) is 2.79. The van der Waals surface area contributed by atoms with E-state index in [4.69, 9.17) is 4.98 Å². The Hall–Kier alpha value is -2.78. The van der Waals surface area contributed by atoms with Crippen molar-refractivity contribution in [1.29, 1.82) is 0 Å². The van der Waals surface area contributed by atoms with Crippen molar-refractivity contribution in [3.63, 3.8) is 0 Å². The molecule has 0 radical (unpaired) electrons. The summed E-state index contributed by atoms with van der Waals surface area (Å²) in [6.07, 6.45) is 5.25. The van der Waals surface area contributed by atoms with Crippen LogP contribution in [-0.2, 0) is 29.9 Å². The number of sulfonamides is 1. The smallest absolute Gasteiger partial charge is 0.254 e. The molecule has 9 heteroatoms. The number of hydrogen-bond acceptors (Lipinski definition) is 5. The van der Waals surface area contributed by atoms with Gasteiger partial charge in [0, 0.05) is 44.8 Å². The van der Waals surface area contributed by atoms with Crippen molar-refractivity contribution in [3.8, 4) is 0 Å². The number of aryl methyl sites for hydroxylation is 4. The molecule has 0 bridgehead atoms. The summed E-state index contributed by atoms with van der Waals surface area (Å²) in [6.45, 7) is 3.22. The summed E-state index contributed by atoms with van der Waals surface area (Å²) in [6, 6.07) is 7.46. The Balaban J connectivity index is 1.24. The maximum atomic E-state index is 13.6. The number of carbonyl (C=O) groups excluding carboxylic acids is 1. The second kappa shape index (κ2) is 7.88. The van der Waals surface area contributed by atoms with E-state index >= 15 is 0 Å². The Labute approximate surface area is 199 Å². The molecule has 0 N–H and O–H groups in total. The zero-order chi connectivity index (χ0) is 23.6. The molecule has 1 amide bonds. The molecule has 0 spiro atoms. The fraction of sp³-hybridized carbons (Fsp3) is 0.480. The van der Waals surface area contributed by atoms with Gasteiger partial charge in [0.05, 0.1) is 21.5 Å². The van der Waals surface area contributed by atoms with Gasteiger partial charge in [0.2, 0.25) is 10.0 Å². The van der Waals surface area contributed by atoms with Crippen LogP contribution in [0.25, 0.3) is 11.0 Å². The highest BCUT2D eigenvalue weighted by Gasteiger charge is 2.33. The molecule has 0 atom stereocenters. The van der Waals surface area contributed by atoms with E-state index in [2.05, 4.69) is 5.10 Å². The highest BCUT2D eigenvalue weighted by Crippen LogP contribution is 2.40. The topological polar surface area (TPSA) is 88.4 Å². The molecule has 3 aliphatic rings. The first-order valence-electron chi connectivity index (χ1n) is 12.1. The summed E-state index contributed by atoms with van der Waals surface area (Å²) in [4.78, 5) is 20.5. The molecule has 3 heterocycles. The molecule has 1 saturated heterocycles. The van der Waals surface area contributed by atoms with Crippen LogP contribution in [0, 0.1) is 6.92 Å². The number of carbonyl (C=O) groups is 1. The lowest BCUT2D eigenvalue weighted by Crippen LogP contribution is -2.50. The number of hydrogen-bond donors (Lipinski definition) is 0. The van der Waals surface area contributed by atoms with Gasteiger partial charge in [-0.1, -0.05) is 6.07 Å². The van der Waals surface area contributed by atoms with Gasteiger partial charge in [-0.05, 0) is 68.4 Å². The second-order valence-corrected chi connectivity index (χ2v) is 11.7. The Bertz CT molecular complexity index is 1420. The highest BCUT2D eigenvalue weighted by atomic mass is 32.2. The van der Waals surface area contributed by atoms with E-state index < -0.39 is 10.0 Å². The lowest BCUT2D eigenvalue weighted by atomic mass is 10.1. The zero-order valence-electron chi connectivity index (χ0n) is 19.6. The van der Waals surface area contributed by atoms with E-state index in [1.807, 2.05) is 32.2 Å². The molecule has 34 heavy (non-hydrogen) atoms. The number of aromatic nitrogens is 3. The first-order valence-corrected chi connectivity index (χ1v) is 13.5. The molecule has 1 aromatic carbocycles. The van der Waals surface area contributed by atoms with E-state index in [1.165, 1.54) is 9.87 Å². The van der Waals surface area contributed by atoms with Gasteiger partial charge in [-0.3, -0.25) is 9.48 Å². The molecule has 2 aromatic heterocycles. The van der Waals surface area contributed by atoms with E-state index in [1.54, 1.807) is 15.6 Å². The molecule has 178 valence electrons. The van der Waals surface area contributed by atoms with Gasteiger partial charge in [-0.15, -0.1) is 0 Å². The van der Waals surface area contributed by atoms with Crippen LogP contribution >= 0.6 is 0 Å². The molecule has 6 rings (SSSR count). The van der Waals surface area contributed by atoms with E-state index in [0.717, 1.165) is 60.1 Å². The number of amides is 1. The molecular weight excluding hydrogens is 450 g/mol. The zero-order valence-corrected chi connectivity index (χ0v) is 20.4. The van der Waals surface area contributed by atoms with Crippen molar-refractivity contribution in [1.82, 2.24) is 24.0 Å². The van der Waals surface area contributed by atoms with Crippen molar-refractivity contribution in [2.45, 2.75) is 49.8 Å². The first-order chi connectivity index (χ1) is 16.3. The maximum absolute atomic E-state index is 13.6. The quantitative estimate of drug-likeness (QED) is 0.574. The summed E-state index contributed by atoms with van der Waals surface area (Å²) >= 11 is 0. The number of pyridine rings is 1. The van der Waals surface area contributed by atoms with Gasteiger partial charge in [0.15, 0.2) is 5.65 Å². The van der Waals surface area contributed by atoms with Gasteiger partial charge in [-0.25, -0.2) is 13.4 Å². The Kier molecular flexibility index (Phi) is 5.04. The van der Waals surface area contributed by atoms with Crippen LogP contribution in [0.4, 0.5) is 0 Å². The number of piperazine rings is 1. The average Bonchev–Trinajstić information content (AvgIpc) is 3.52. The first kappa shape index (κ1) is 21.7. The van der Waals surface area contributed by atoms with Crippen molar-refractivity contribution in [2.24, 2.45) is 7.05 Å². The van der Waals surface area contributed by atoms with Crippen molar-refractivity contribution >= 4 is 27.0 Å². The fourth-order valence-electron chi connectivity index (χ4n) is 5.38. The van der Waals surface area contributed by atoms with Crippen molar-refractivity contribution in [3.05, 3.63) is 52.3 Å². The average molecular weight is 480 g/mol. The standard InChI is InChI=1S/C25H29N5O3S/c1-16-23-21(15-22(18-6-7-18)26-24(23)28(2)27-16)25(31)29-10-12-30(13-11-29)34(32,33)20-9-8-17-4-3-5-19(17)14-20/h8-9,14-15,18H,3-7,10-13H2,1-2H3. The molecule has 2 aliphatic carbocycles. The van der Waals surface area contributed by atoms with Crippen LogP contribution < -0.4 is 0 Å². The summed E-state index contributed by atoms with van der Waals surface area (Å²) in [5.41, 5.74) is 5.52. The summed E-state index contributed by atoms with van der Waals surface area (Å²) in [5.74, 6) is 0.348. The predicted molar refractivity (Wildman–Crippen MR) is 128 cm³/mol. The second-order valence-electron chi connectivity index (χ2n) is 9.76. The minimum atomic E-state index is -3.57. The van der Waals surface area contributed by atoms with Crippen molar-refractivity contribution in [2.75, 3.05) is 26.2 Å². The Morgan fingerprint density at radius 3 is 2.50 bits per heavy atom. The summed E-state index contributed by atoms with van der Waals surface area (Å²) in [7, 11) is -1.72. The van der Waals surface area contributed by atoms with Crippen LogP contribution in [0.3, 0.4) is 0 Å². The Morgan fingerprint density at radius 1 is 1.03 bits per heavy atom. The molecule has 8 nitrogen and oxygen atoms in total. The van der Waals surface area contributed by atoms with E-state index in [0.29, 0.717) is 42.6 Å². The van der Waals surface area contributed by atoms with Crippen LogP contribution in [0.5, 0.6) is 0 Å². The van der Waals surface area contributed by atoms with Crippen LogP contribution in [-0.4, -0.2) is 64.5 Å². The van der Waals surface area contributed by atoms with Crippen LogP contribution in [0.2, 0.25) is 0 Å². The van der Waals surface area contributed by atoms with Crippen LogP contribution in [0.1, 0.15) is 58.1 Å². The SMILES string of the molecule is Cc1nn(C)c2nc(C3CC3)cc(C(=O)N3CCN(S(=O)(=O)c4ccc5c(c4)CCC5)CC3)c12. The lowest BCUT2D eigenvalue weighted by Gasteiger charge is -2.34. The van der Waals surface area contributed by atoms with Crippen molar-refractivity contribution < 1.29 is 13.2 Å². The summed E-state index contributed by atoms with van der Waals surface area (Å²) < 4.78 is 29.8. The number of rotatable bonds is 4. The molecule has 1 aliphatic heterocycles. The third-order valence-corrected chi connectivity index (χ3v) is 9.34. The minimum Gasteiger partial charge on any atom is -0.336 e. The van der Waals surface area contributed by atoms with E-state index in [9.17, 15) is 13.2 Å². The minimum absolute atomic E-state index is 0.0695. The fourth-order valence-corrected chi connectivity index (χ4v) is 6.85. The molecule has 0 unspecified atom stereocenters. The Morgan fingerprint density at radius 2 is 1.76 bits per heavy atom. The lowest BCUT2D eigenvalue weighted by molar-refractivity contribution is 0.0699. The van der Waals surface area contributed by atoms with Gasteiger partial charge in [0.25, 0.3) is 5.91 Å².